The van der Waals surface area contributed by atoms with E-state index in [4.69, 9.17) is 0 Å². The quantitative estimate of drug-likeness (QED) is 0.667. The minimum Gasteiger partial charge on any atom is -0.354 e. The Labute approximate surface area is 125 Å². The van der Waals surface area contributed by atoms with Gasteiger partial charge in [-0.3, -0.25) is 9.69 Å². The van der Waals surface area contributed by atoms with Crippen molar-refractivity contribution in [3.8, 4) is 0 Å². The number of rotatable bonds is 5. The van der Waals surface area contributed by atoms with E-state index in [2.05, 4.69) is 22.2 Å². The van der Waals surface area contributed by atoms with Gasteiger partial charge < -0.3 is 5.32 Å². The lowest BCUT2D eigenvalue weighted by Crippen LogP contribution is -2.45. The first-order valence-corrected chi connectivity index (χ1v) is 8.28. The van der Waals surface area contributed by atoms with Crippen molar-refractivity contribution >= 4 is 17.7 Å². The maximum absolute atomic E-state index is 12.2. The Morgan fingerprint density at radius 2 is 2.35 bits per heavy atom. The zero-order valence-corrected chi connectivity index (χ0v) is 12.9. The summed E-state index contributed by atoms with van der Waals surface area (Å²) in [6, 6.07) is 5.94. The first-order chi connectivity index (χ1) is 9.77. The van der Waals surface area contributed by atoms with Gasteiger partial charge in [-0.1, -0.05) is 18.9 Å². The molecule has 4 nitrogen and oxygen atoms in total. The van der Waals surface area contributed by atoms with Crippen LogP contribution in [0.4, 0.5) is 0 Å². The summed E-state index contributed by atoms with van der Waals surface area (Å²) in [6.07, 6.45) is 6.38. The molecule has 0 aromatic carbocycles. The van der Waals surface area contributed by atoms with E-state index in [0.717, 1.165) is 30.2 Å². The Morgan fingerprint density at radius 3 is 3.15 bits per heavy atom. The minimum absolute atomic E-state index is 0.0531. The van der Waals surface area contributed by atoms with E-state index in [1.165, 1.54) is 12.8 Å². The summed E-state index contributed by atoms with van der Waals surface area (Å²) in [4.78, 5) is 18.6. The Kier molecular flexibility index (Phi) is 6.33. The molecule has 1 N–H and O–H groups in total. The van der Waals surface area contributed by atoms with Crippen LogP contribution in [0.5, 0.6) is 0 Å². The van der Waals surface area contributed by atoms with Gasteiger partial charge in [-0.25, -0.2) is 4.98 Å². The van der Waals surface area contributed by atoms with Crippen molar-refractivity contribution in [2.24, 2.45) is 0 Å². The Morgan fingerprint density at radius 1 is 1.45 bits per heavy atom. The lowest BCUT2D eigenvalue weighted by atomic mass is 10.1. The van der Waals surface area contributed by atoms with Crippen molar-refractivity contribution in [3.05, 3.63) is 24.4 Å². The number of nitrogens with zero attached hydrogens (tertiary/aromatic N) is 2. The van der Waals surface area contributed by atoms with Crippen molar-refractivity contribution in [3.63, 3.8) is 0 Å². The molecule has 2 heterocycles. The molecule has 0 spiro atoms. The zero-order chi connectivity index (χ0) is 14.2. The molecule has 2 rings (SSSR count). The fourth-order valence-electron chi connectivity index (χ4n) is 2.46. The normalized spacial score (nSPS) is 20.4. The van der Waals surface area contributed by atoms with Gasteiger partial charge in [0.2, 0.25) is 5.91 Å². The number of thioether (sulfide) groups is 1. The smallest absolute Gasteiger partial charge is 0.237 e. The summed E-state index contributed by atoms with van der Waals surface area (Å²) < 4.78 is 0. The molecule has 1 aromatic rings. The molecule has 1 aliphatic rings. The lowest BCUT2D eigenvalue weighted by molar-refractivity contribution is -0.125. The van der Waals surface area contributed by atoms with Crippen LogP contribution in [-0.4, -0.2) is 47.7 Å². The first kappa shape index (κ1) is 15.3. The second-order valence-corrected chi connectivity index (χ2v) is 6.27. The number of pyridine rings is 1. The molecule has 110 valence electrons. The maximum Gasteiger partial charge on any atom is 0.237 e. The summed E-state index contributed by atoms with van der Waals surface area (Å²) >= 11 is 1.67. The van der Waals surface area contributed by atoms with Gasteiger partial charge in [0.1, 0.15) is 0 Å². The number of aromatic nitrogens is 1. The monoisotopic (exact) mass is 293 g/mol. The number of likely N-dealkylation sites (N-methyl/N-ethyl adjacent to an activating group) is 1. The van der Waals surface area contributed by atoms with Gasteiger partial charge in [0.25, 0.3) is 0 Å². The molecule has 20 heavy (non-hydrogen) atoms. The zero-order valence-electron chi connectivity index (χ0n) is 12.0. The fourth-order valence-corrected chi connectivity index (χ4v) is 3.19. The predicted octanol–water partition coefficient (Wildman–Crippen LogP) is 2.16. The van der Waals surface area contributed by atoms with Crippen molar-refractivity contribution in [2.75, 3.05) is 25.9 Å². The summed E-state index contributed by atoms with van der Waals surface area (Å²) in [7, 11) is 2.05. The van der Waals surface area contributed by atoms with Gasteiger partial charge in [0.15, 0.2) is 0 Å². The van der Waals surface area contributed by atoms with Gasteiger partial charge >= 0.3 is 0 Å². The molecule has 0 unspecified atom stereocenters. The second-order valence-electron chi connectivity index (χ2n) is 5.15. The van der Waals surface area contributed by atoms with Crippen molar-refractivity contribution in [2.45, 2.75) is 36.8 Å². The van der Waals surface area contributed by atoms with Crippen LogP contribution in [0.15, 0.2) is 29.4 Å². The van der Waals surface area contributed by atoms with E-state index < -0.39 is 0 Å². The number of likely N-dealkylation sites (tertiary alicyclic amines) is 1. The molecule has 0 radical (unpaired) electrons. The van der Waals surface area contributed by atoms with Crippen LogP contribution < -0.4 is 5.32 Å². The average molecular weight is 293 g/mol. The number of hydrogen-bond acceptors (Lipinski definition) is 4. The summed E-state index contributed by atoms with van der Waals surface area (Å²) in [6.45, 7) is 1.73. The van der Waals surface area contributed by atoms with Crippen molar-refractivity contribution in [1.29, 1.82) is 0 Å². The molecule has 1 atom stereocenters. The number of nitrogens with one attached hydrogen (secondary N) is 1. The molecule has 0 aliphatic carbocycles. The Bertz CT molecular complexity index is 413. The van der Waals surface area contributed by atoms with E-state index >= 15 is 0 Å². The van der Waals surface area contributed by atoms with Gasteiger partial charge in [-0.05, 0) is 38.6 Å². The molecule has 1 aliphatic heterocycles. The highest BCUT2D eigenvalue weighted by molar-refractivity contribution is 7.99. The molecule has 1 saturated heterocycles. The molecule has 1 amide bonds. The number of carbonyl (C=O) groups is 1. The van der Waals surface area contributed by atoms with Crippen molar-refractivity contribution < 1.29 is 4.79 Å². The van der Waals surface area contributed by atoms with Crippen LogP contribution in [0.25, 0.3) is 0 Å². The first-order valence-electron chi connectivity index (χ1n) is 7.29. The molecule has 1 aromatic heterocycles. The maximum atomic E-state index is 12.2. The third-order valence-corrected chi connectivity index (χ3v) is 4.56. The summed E-state index contributed by atoms with van der Waals surface area (Å²) in [5, 5.41) is 4.06. The predicted molar refractivity (Wildman–Crippen MR) is 82.9 cm³/mol. The molecule has 5 heteroatoms. The van der Waals surface area contributed by atoms with E-state index in [1.54, 1.807) is 18.0 Å². The third kappa shape index (κ3) is 4.80. The third-order valence-electron chi connectivity index (χ3n) is 3.61. The highest BCUT2D eigenvalue weighted by Gasteiger charge is 2.23. The van der Waals surface area contributed by atoms with E-state index in [9.17, 15) is 4.79 Å². The summed E-state index contributed by atoms with van der Waals surface area (Å²) in [5.74, 6) is 1.04. The van der Waals surface area contributed by atoms with Gasteiger partial charge in [0.05, 0.1) is 11.1 Å². The van der Waals surface area contributed by atoms with Crippen LogP contribution in [0.1, 0.15) is 25.7 Å². The topological polar surface area (TPSA) is 45.2 Å². The van der Waals surface area contributed by atoms with Crippen LogP contribution in [0.3, 0.4) is 0 Å². The van der Waals surface area contributed by atoms with E-state index in [-0.39, 0.29) is 11.9 Å². The van der Waals surface area contributed by atoms with Crippen LogP contribution >= 0.6 is 11.8 Å². The second kappa shape index (κ2) is 8.27. The van der Waals surface area contributed by atoms with Gasteiger partial charge in [-0.2, -0.15) is 0 Å². The minimum atomic E-state index is 0.0531. The summed E-state index contributed by atoms with van der Waals surface area (Å²) in [5.41, 5.74) is 0. The number of carbonyl (C=O) groups excluding carboxylic acids is 1. The van der Waals surface area contributed by atoms with Gasteiger partial charge in [0, 0.05) is 18.5 Å². The Hall–Kier alpha value is -1.07. The number of amides is 1. The number of hydrogen-bond donors (Lipinski definition) is 1. The van der Waals surface area contributed by atoms with Gasteiger partial charge in [-0.15, -0.1) is 11.8 Å². The largest absolute Gasteiger partial charge is 0.354 e. The lowest BCUT2D eigenvalue weighted by Gasteiger charge is -2.24. The van der Waals surface area contributed by atoms with Crippen molar-refractivity contribution in [1.82, 2.24) is 15.2 Å². The highest BCUT2D eigenvalue weighted by Crippen LogP contribution is 2.15. The van der Waals surface area contributed by atoms with Crippen LogP contribution in [-0.2, 0) is 4.79 Å². The van der Waals surface area contributed by atoms with Crippen LogP contribution in [0, 0.1) is 0 Å². The molecular formula is C15H23N3OS. The molecular weight excluding hydrogens is 270 g/mol. The molecule has 0 saturated carbocycles. The molecule has 1 fully saturated rings. The standard InChI is InChI=1S/C15H23N3OS/c1-18-11-6-2-3-7-13(18)15(19)17-10-12-20-14-8-4-5-9-16-14/h4-5,8-9,13H,2-3,6-7,10-12H2,1H3,(H,17,19)/t13-/m0/s1. The molecule has 0 bridgehead atoms. The fraction of sp³-hybridized carbons (Fsp3) is 0.600. The average Bonchev–Trinajstić information content (AvgIpc) is 2.69. The highest BCUT2D eigenvalue weighted by atomic mass is 32.2. The van der Waals surface area contributed by atoms with E-state index in [0.29, 0.717) is 6.54 Å². The van der Waals surface area contributed by atoms with Crippen LogP contribution in [0.2, 0.25) is 0 Å². The van der Waals surface area contributed by atoms with E-state index in [1.807, 2.05) is 18.2 Å². The SMILES string of the molecule is CN1CCCCC[C@H]1C(=O)NCCSc1ccccn1. The Balaban J connectivity index is 1.69.